The molecule has 0 radical (unpaired) electrons. The zero-order valence-corrected chi connectivity index (χ0v) is 24.5. The number of fused-ring (bicyclic) bond motifs is 5. The van der Waals surface area contributed by atoms with Crippen LogP contribution in [0, 0.1) is 52.3 Å². The van der Waals surface area contributed by atoms with Gasteiger partial charge in [-0.2, -0.15) is 0 Å². The zero-order chi connectivity index (χ0) is 25.2. The molecule has 0 unspecified atom stereocenters. The number of rotatable bonds is 6. The minimum Gasteiger partial charge on any atom is -0.393 e. The molecule has 0 aromatic rings. The summed E-state index contributed by atoms with van der Waals surface area (Å²) in [5.74, 6) is 6.23. The van der Waals surface area contributed by atoms with Crippen molar-refractivity contribution in [3.8, 4) is 0 Å². The topological polar surface area (TPSA) is 20.2 Å². The summed E-state index contributed by atoms with van der Waals surface area (Å²) in [5, 5.41) is 10.5. The van der Waals surface area contributed by atoms with Gasteiger partial charge in [-0.25, -0.2) is 0 Å². The van der Waals surface area contributed by atoms with Crippen molar-refractivity contribution >= 4 is 0 Å². The summed E-state index contributed by atoms with van der Waals surface area (Å²) in [4.78, 5) is 0. The van der Waals surface area contributed by atoms with Crippen LogP contribution < -0.4 is 0 Å². The molecule has 0 aromatic heterocycles. The van der Waals surface area contributed by atoms with E-state index in [1.807, 2.05) is 0 Å². The predicted molar refractivity (Wildman–Crippen MR) is 151 cm³/mol. The van der Waals surface area contributed by atoms with Gasteiger partial charge in [0, 0.05) is 0 Å². The molecular weight excluding hydrogens is 424 g/mol. The molecule has 1 N–H and O–H groups in total. The molecule has 0 heterocycles. The van der Waals surface area contributed by atoms with Crippen LogP contribution in [0.5, 0.6) is 0 Å². The lowest BCUT2D eigenvalue weighted by Crippen LogP contribution is -2.45. The van der Waals surface area contributed by atoms with E-state index >= 15 is 0 Å². The highest BCUT2D eigenvalue weighted by Crippen LogP contribution is 2.61. The minimum atomic E-state index is -0.0900. The monoisotopic (exact) mass is 484 g/mol. The van der Waals surface area contributed by atoms with Gasteiger partial charge in [-0.05, 0) is 116 Å². The van der Waals surface area contributed by atoms with E-state index in [1.54, 1.807) is 5.57 Å². The van der Waals surface area contributed by atoms with E-state index in [0.29, 0.717) is 10.8 Å². The van der Waals surface area contributed by atoms with Crippen LogP contribution in [0.1, 0.15) is 144 Å². The van der Waals surface area contributed by atoms with E-state index in [9.17, 15) is 5.11 Å². The van der Waals surface area contributed by atoms with E-state index < -0.39 is 0 Å². The Hall–Kier alpha value is -0.300. The first-order valence-corrected chi connectivity index (χ1v) is 16.1. The van der Waals surface area contributed by atoms with Gasteiger partial charge in [0.1, 0.15) is 0 Å². The third-order valence-electron chi connectivity index (χ3n) is 12.4. The lowest BCUT2D eigenvalue weighted by atomic mass is 9.52. The molecule has 0 aliphatic heterocycles. The Kier molecular flexibility index (Phi) is 9.20. The maximum Gasteiger partial charge on any atom is 0.0577 e. The predicted octanol–water partition coefficient (Wildman–Crippen LogP) is 9.98. The van der Waals surface area contributed by atoms with E-state index in [-0.39, 0.29) is 6.10 Å². The van der Waals surface area contributed by atoms with E-state index in [0.717, 1.165) is 54.3 Å². The second-order valence-electron chi connectivity index (χ2n) is 14.8. The lowest BCUT2D eigenvalue weighted by Gasteiger charge is -2.53. The fourth-order valence-electron chi connectivity index (χ4n) is 10.0. The van der Waals surface area contributed by atoms with Crippen molar-refractivity contribution in [1.82, 2.24) is 0 Å². The molecule has 3 fully saturated rings. The maximum absolute atomic E-state index is 10.5. The van der Waals surface area contributed by atoms with Crippen molar-refractivity contribution in [3.63, 3.8) is 0 Å². The van der Waals surface area contributed by atoms with E-state index in [2.05, 4.69) is 47.6 Å². The van der Waals surface area contributed by atoms with Crippen molar-refractivity contribution in [2.24, 2.45) is 52.3 Å². The standard InChI is InChI=1S/C34H60O/c1-7-26(24(2)3)18-17-25(4)27-12-10-16-31-30-14-11-13-28-22-29(35)19-21-34(28,6)32(30)15-8-9-20-33(31,5)23-27/h13,24-27,29-32,35H,7-12,14-23H2,1-6H3/t25-,26-,27+,29+,30+,31+,32+,33-,34+/m1/s1. The Morgan fingerprint density at radius 3 is 2.43 bits per heavy atom. The molecule has 3 saturated carbocycles. The number of hydrogen-bond donors (Lipinski definition) is 1. The quantitative estimate of drug-likeness (QED) is 0.372. The van der Waals surface area contributed by atoms with Crippen molar-refractivity contribution in [2.75, 3.05) is 0 Å². The summed E-state index contributed by atoms with van der Waals surface area (Å²) >= 11 is 0. The van der Waals surface area contributed by atoms with Crippen molar-refractivity contribution in [2.45, 2.75) is 150 Å². The SMILES string of the molecule is CC[C@H](CC[C@@H](C)[C@H]1CCC[C@H]2[C@@H]3CCC=C4C[C@@H](O)CC[C@]4(C)[C@H]3CCCC[C@]2(C)C1)C(C)C. The van der Waals surface area contributed by atoms with Gasteiger partial charge in [-0.3, -0.25) is 0 Å². The maximum atomic E-state index is 10.5. The van der Waals surface area contributed by atoms with Gasteiger partial charge in [0.15, 0.2) is 0 Å². The normalized spacial score (nSPS) is 42.3. The molecule has 4 aliphatic carbocycles. The Morgan fingerprint density at radius 1 is 0.914 bits per heavy atom. The molecule has 35 heavy (non-hydrogen) atoms. The van der Waals surface area contributed by atoms with Gasteiger partial charge in [0.25, 0.3) is 0 Å². The van der Waals surface area contributed by atoms with Crippen LogP contribution in [-0.4, -0.2) is 11.2 Å². The van der Waals surface area contributed by atoms with Crippen molar-refractivity contribution in [3.05, 3.63) is 11.6 Å². The molecule has 9 atom stereocenters. The number of allylic oxidation sites excluding steroid dienone is 1. The van der Waals surface area contributed by atoms with E-state index in [1.165, 1.54) is 89.9 Å². The average molecular weight is 485 g/mol. The zero-order valence-electron chi connectivity index (χ0n) is 24.5. The van der Waals surface area contributed by atoms with Gasteiger partial charge in [0.05, 0.1) is 6.10 Å². The second-order valence-corrected chi connectivity index (χ2v) is 14.8. The summed E-state index contributed by atoms with van der Waals surface area (Å²) in [6.07, 6.45) is 24.3. The van der Waals surface area contributed by atoms with Crippen molar-refractivity contribution < 1.29 is 5.11 Å². The second kappa shape index (κ2) is 11.6. The van der Waals surface area contributed by atoms with Crippen LogP contribution in [0.4, 0.5) is 0 Å². The van der Waals surface area contributed by atoms with Gasteiger partial charge < -0.3 is 5.11 Å². The summed E-state index contributed by atoms with van der Waals surface area (Å²) < 4.78 is 0. The molecule has 0 amide bonds. The summed E-state index contributed by atoms with van der Waals surface area (Å²) in [6.45, 7) is 15.2. The lowest BCUT2D eigenvalue weighted by molar-refractivity contribution is -0.0195. The van der Waals surface area contributed by atoms with Crippen LogP contribution in [0.25, 0.3) is 0 Å². The molecule has 1 nitrogen and oxygen atoms in total. The Balaban J connectivity index is 1.53. The van der Waals surface area contributed by atoms with Crippen LogP contribution in [0.2, 0.25) is 0 Å². The summed E-state index contributed by atoms with van der Waals surface area (Å²) in [5.41, 5.74) is 2.53. The number of hydrogen-bond acceptors (Lipinski definition) is 1. The molecule has 0 aromatic carbocycles. The Morgan fingerprint density at radius 2 is 1.69 bits per heavy atom. The van der Waals surface area contributed by atoms with Crippen molar-refractivity contribution in [1.29, 1.82) is 0 Å². The molecule has 1 heteroatoms. The van der Waals surface area contributed by atoms with Gasteiger partial charge >= 0.3 is 0 Å². The molecule has 4 rings (SSSR count). The fraction of sp³-hybridized carbons (Fsp3) is 0.941. The molecular formula is C34H60O. The van der Waals surface area contributed by atoms with Gasteiger partial charge in [-0.15, -0.1) is 0 Å². The molecule has 0 saturated heterocycles. The minimum absolute atomic E-state index is 0.0900. The van der Waals surface area contributed by atoms with Crippen LogP contribution >= 0.6 is 0 Å². The molecule has 202 valence electrons. The number of aliphatic hydroxyl groups is 1. The first-order valence-electron chi connectivity index (χ1n) is 16.1. The Bertz CT molecular complexity index is 707. The van der Waals surface area contributed by atoms with E-state index in [4.69, 9.17) is 0 Å². The highest BCUT2D eigenvalue weighted by molar-refractivity contribution is 5.22. The van der Waals surface area contributed by atoms with Crippen LogP contribution in [-0.2, 0) is 0 Å². The average Bonchev–Trinajstić information content (AvgIpc) is 3.05. The number of aliphatic hydroxyl groups excluding tert-OH is 1. The first kappa shape index (κ1) is 27.7. The molecule has 0 spiro atoms. The van der Waals surface area contributed by atoms with Gasteiger partial charge in [0.2, 0.25) is 0 Å². The smallest absolute Gasteiger partial charge is 0.0577 e. The largest absolute Gasteiger partial charge is 0.393 e. The third-order valence-corrected chi connectivity index (χ3v) is 12.4. The van der Waals surface area contributed by atoms with Gasteiger partial charge in [-0.1, -0.05) is 91.7 Å². The molecule has 4 aliphatic rings. The molecule has 0 bridgehead atoms. The van der Waals surface area contributed by atoms with Crippen LogP contribution in [0.15, 0.2) is 11.6 Å². The summed E-state index contributed by atoms with van der Waals surface area (Å²) in [6, 6.07) is 0. The Labute approximate surface area is 219 Å². The third kappa shape index (κ3) is 5.91. The van der Waals surface area contributed by atoms with Crippen LogP contribution in [0.3, 0.4) is 0 Å². The summed E-state index contributed by atoms with van der Waals surface area (Å²) in [7, 11) is 0. The highest BCUT2D eigenvalue weighted by Gasteiger charge is 2.52. The highest BCUT2D eigenvalue weighted by atomic mass is 16.3. The fourth-order valence-corrected chi connectivity index (χ4v) is 10.0. The first-order chi connectivity index (χ1) is 16.7.